The average molecular weight is 369 g/mol. The maximum Gasteiger partial charge on any atom is 0.338 e. The third kappa shape index (κ3) is 3.40. The van der Waals surface area contributed by atoms with Crippen LogP contribution in [0.15, 0.2) is 46.9 Å². The predicted octanol–water partition coefficient (Wildman–Crippen LogP) is 2.73. The van der Waals surface area contributed by atoms with Gasteiger partial charge in [-0.3, -0.25) is 10.1 Å². The second kappa shape index (κ2) is 6.75. The molecular weight excluding hydrogens is 358 g/mol. The minimum atomic E-state index is -0.580. The van der Waals surface area contributed by atoms with E-state index in [4.69, 9.17) is 18.6 Å². The Hall–Kier alpha value is -3.95. The molecule has 0 saturated heterocycles. The normalized spacial score (nSPS) is 12.0. The van der Waals surface area contributed by atoms with Crippen molar-refractivity contribution in [1.29, 1.82) is 0 Å². The lowest BCUT2D eigenvalue weighted by atomic mass is 10.2. The van der Waals surface area contributed by atoms with Crippen molar-refractivity contribution in [3.8, 4) is 23.0 Å². The van der Waals surface area contributed by atoms with Crippen LogP contribution in [0.4, 0.5) is 5.69 Å². The maximum atomic E-state index is 12.1. The van der Waals surface area contributed by atoms with Crippen LogP contribution >= 0.6 is 0 Å². The topological polar surface area (TPSA) is 127 Å². The molecule has 0 saturated carbocycles. The van der Waals surface area contributed by atoms with Crippen LogP contribution in [0.25, 0.3) is 11.5 Å². The van der Waals surface area contributed by atoms with Crippen LogP contribution in [-0.2, 0) is 11.3 Å². The number of nitrogens with zero attached hydrogens (tertiary/aromatic N) is 3. The van der Waals surface area contributed by atoms with Crippen molar-refractivity contribution in [2.24, 2.45) is 0 Å². The Morgan fingerprint density at radius 1 is 1.11 bits per heavy atom. The molecule has 1 aliphatic rings. The minimum absolute atomic E-state index is 0.0452. The first-order valence-corrected chi connectivity index (χ1v) is 7.74. The number of esters is 1. The van der Waals surface area contributed by atoms with E-state index in [0.29, 0.717) is 22.6 Å². The zero-order valence-corrected chi connectivity index (χ0v) is 13.7. The number of non-ortho nitro benzene ring substituents is 1. The van der Waals surface area contributed by atoms with Crippen molar-refractivity contribution in [2.75, 3.05) is 6.79 Å². The maximum absolute atomic E-state index is 12.1. The number of carbonyl (C=O) groups is 1. The van der Waals surface area contributed by atoms with Crippen LogP contribution in [0.3, 0.4) is 0 Å². The number of hydrogen-bond acceptors (Lipinski definition) is 9. The molecule has 27 heavy (non-hydrogen) atoms. The lowest BCUT2D eigenvalue weighted by molar-refractivity contribution is -0.384. The summed E-state index contributed by atoms with van der Waals surface area (Å²) in [5, 5.41) is 18.3. The SMILES string of the molecule is O=C(OCc1nnc(-c2ccc([N+](=O)[O-])cc2)o1)c1ccc2c(c1)OCO2. The summed E-state index contributed by atoms with van der Waals surface area (Å²) in [5.74, 6) is 0.721. The summed E-state index contributed by atoms with van der Waals surface area (Å²) in [6.45, 7) is -0.103. The standard InChI is InChI=1S/C17H11N3O7/c21-17(11-3-6-13-14(7-11)26-9-25-13)24-8-15-18-19-16(27-15)10-1-4-12(5-2-10)20(22)23/h1-7H,8-9H2. The van der Waals surface area contributed by atoms with Gasteiger partial charge in [-0.15, -0.1) is 10.2 Å². The number of benzene rings is 2. The van der Waals surface area contributed by atoms with Crippen molar-refractivity contribution in [3.05, 3.63) is 64.0 Å². The van der Waals surface area contributed by atoms with Gasteiger partial charge in [0.05, 0.1) is 10.5 Å². The summed E-state index contributed by atoms with van der Waals surface area (Å²) in [5.41, 5.74) is 0.770. The Bertz CT molecular complexity index is 1010. The van der Waals surface area contributed by atoms with Gasteiger partial charge in [0.1, 0.15) is 0 Å². The number of rotatable bonds is 5. The molecule has 2 heterocycles. The van der Waals surface area contributed by atoms with Crippen molar-refractivity contribution in [2.45, 2.75) is 6.61 Å². The van der Waals surface area contributed by atoms with E-state index in [0.717, 1.165) is 0 Å². The van der Waals surface area contributed by atoms with Gasteiger partial charge >= 0.3 is 5.97 Å². The quantitative estimate of drug-likeness (QED) is 0.379. The summed E-state index contributed by atoms with van der Waals surface area (Å²) < 4.78 is 21.0. The van der Waals surface area contributed by atoms with Gasteiger partial charge in [0.25, 0.3) is 11.6 Å². The summed E-state index contributed by atoms with van der Waals surface area (Å²) in [4.78, 5) is 22.3. The molecule has 0 radical (unpaired) electrons. The second-order valence-corrected chi connectivity index (χ2v) is 5.45. The fraction of sp³-hybridized carbons (Fsp3) is 0.118. The van der Waals surface area contributed by atoms with Crippen LogP contribution in [0.2, 0.25) is 0 Å². The van der Waals surface area contributed by atoms with Gasteiger partial charge in [-0.05, 0) is 30.3 Å². The average Bonchev–Trinajstić information content (AvgIpc) is 3.35. The highest BCUT2D eigenvalue weighted by Gasteiger charge is 2.18. The second-order valence-electron chi connectivity index (χ2n) is 5.45. The summed E-state index contributed by atoms with van der Waals surface area (Å²) >= 11 is 0. The molecule has 4 rings (SSSR count). The van der Waals surface area contributed by atoms with Gasteiger partial charge in [-0.2, -0.15) is 0 Å². The van der Waals surface area contributed by atoms with E-state index < -0.39 is 10.9 Å². The van der Waals surface area contributed by atoms with Crippen molar-refractivity contribution >= 4 is 11.7 Å². The molecule has 2 aromatic carbocycles. The molecule has 0 amide bonds. The first-order valence-electron chi connectivity index (χ1n) is 7.74. The number of ether oxygens (including phenoxy) is 3. The number of nitro benzene ring substituents is 1. The lowest BCUT2D eigenvalue weighted by Crippen LogP contribution is -2.05. The first-order chi connectivity index (χ1) is 13.1. The van der Waals surface area contributed by atoms with E-state index in [1.165, 1.54) is 30.3 Å². The zero-order valence-electron chi connectivity index (χ0n) is 13.7. The number of hydrogen-bond donors (Lipinski definition) is 0. The van der Waals surface area contributed by atoms with E-state index in [9.17, 15) is 14.9 Å². The molecule has 1 aromatic heterocycles. The molecule has 1 aliphatic heterocycles. The molecule has 10 heteroatoms. The Morgan fingerprint density at radius 2 is 1.89 bits per heavy atom. The molecule has 0 fully saturated rings. The van der Waals surface area contributed by atoms with Crippen LogP contribution in [0.1, 0.15) is 16.2 Å². The molecule has 10 nitrogen and oxygen atoms in total. The molecular formula is C17H11N3O7. The van der Waals surface area contributed by atoms with E-state index >= 15 is 0 Å². The molecule has 3 aromatic rings. The van der Waals surface area contributed by atoms with E-state index in [1.807, 2.05) is 0 Å². The zero-order chi connectivity index (χ0) is 18.8. The Morgan fingerprint density at radius 3 is 2.67 bits per heavy atom. The third-order valence-corrected chi connectivity index (χ3v) is 3.73. The van der Waals surface area contributed by atoms with Crippen molar-refractivity contribution < 1.29 is 28.3 Å². The van der Waals surface area contributed by atoms with Gasteiger partial charge in [0.15, 0.2) is 18.1 Å². The van der Waals surface area contributed by atoms with Gasteiger partial charge in [-0.25, -0.2) is 4.79 Å². The van der Waals surface area contributed by atoms with Crippen LogP contribution in [0, 0.1) is 10.1 Å². The number of fused-ring (bicyclic) bond motifs is 1. The minimum Gasteiger partial charge on any atom is -0.454 e. The molecule has 0 spiro atoms. The van der Waals surface area contributed by atoms with Gasteiger partial charge in [0, 0.05) is 17.7 Å². The van der Waals surface area contributed by atoms with E-state index in [1.54, 1.807) is 12.1 Å². The number of nitro groups is 1. The van der Waals surface area contributed by atoms with Gasteiger partial charge in [-0.1, -0.05) is 0 Å². The summed E-state index contributed by atoms with van der Waals surface area (Å²) in [6.07, 6.45) is 0. The van der Waals surface area contributed by atoms with Crippen molar-refractivity contribution in [3.63, 3.8) is 0 Å². The summed E-state index contributed by atoms with van der Waals surface area (Å²) in [7, 11) is 0. The van der Waals surface area contributed by atoms with Crippen molar-refractivity contribution in [1.82, 2.24) is 10.2 Å². The van der Waals surface area contributed by atoms with E-state index in [-0.39, 0.29) is 30.9 Å². The molecule has 0 unspecified atom stereocenters. The molecule has 0 aliphatic carbocycles. The largest absolute Gasteiger partial charge is 0.454 e. The summed E-state index contributed by atoms with van der Waals surface area (Å²) in [6, 6.07) is 10.4. The van der Waals surface area contributed by atoms with E-state index in [2.05, 4.69) is 10.2 Å². The van der Waals surface area contributed by atoms with Crippen LogP contribution in [0.5, 0.6) is 11.5 Å². The fourth-order valence-corrected chi connectivity index (χ4v) is 2.39. The lowest BCUT2D eigenvalue weighted by Gasteiger charge is -2.03. The van der Waals surface area contributed by atoms with Crippen LogP contribution in [-0.4, -0.2) is 27.9 Å². The molecule has 0 atom stereocenters. The van der Waals surface area contributed by atoms with Gasteiger partial charge < -0.3 is 18.6 Å². The Kier molecular flexibility index (Phi) is 4.13. The van der Waals surface area contributed by atoms with Gasteiger partial charge in [0.2, 0.25) is 12.7 Å². The molecule has 136 valence electrons. The molecule has 0 bridgehead atoms. The van der Waals surface area contributed by atoms with Crippen LogP contribution < -0.4 is 9.47 Å². The first kappa shape index (κ1) is 16.5. The Labute approximate surface area is 151 Å². The number of aromatic nitrogens is 2. The third-order valence-electron chi connectivity index (χ3n) is 3.73. The fourth-order valence-electron chi connectivity index (χ4n) is 2.39. The highest BCUT2D eigenvalue weighted by molar-refractivity contribution is 5.90. The highest BCUT2D eigenvalue weighted by atomic mass is 16.7. The molecule has 0 N–H and O–H groups in total. The Balaban J connectivity index is 1.40. The smallest absolute Gasteiger partial charge is 0.338 e. The predicted molar refractivity (Wildman–Crippen MR) is 88.1 cm³/mol. The monoisotopic (exact) mass is 369 g/mol. The highest BCUT2D eigenvalue weighted by Crippen LogP contribution is 2.32. The number of carbonyl (C=O) groups excluding carboxylic acids is 1.